The van der Waals surface area contributed by atoms with Gasteiger partial charge in [0.25, 0.3) is 5.88 Å². The van der Waals surface area contributed by atoms with E-state index in [1.807, 2.05) is 6.92 Å². The molecule has 7 nitrogen and oxygen atoms in total. The highest BCUT2D eigenvalue weighted by Gasteiger charge is 2.23. The molecule has 0 saturated heterocycles. The lowest BCUT2D eigenvalue weighted by atomic mass is 10.4. The number of nitrogens with zero attached hydrogens (tertiary/aromatic N) is 3. The number of hydrogen-bond acceptors (Lipinski definition) is 6. The largest absolute Gasteiger partial charge is 0.473 e. The van der Waals surface area contributed by atoms with E-state index < -0.39 is 4.92 Å². The van der Waals surface area contributed by atoms with Gasteiger partial charge in [0.15, 0.2) is 0 Å². The van der Waals surface area contributed by atoms with Crippen molar-refractivity contribution < 1.29 is 9.66 Å². The van der Waals surface area contributed by atoms with Gasteiger partial charge in [0.05, 0.1) is 11.5 Å². The highest BCUT2D eigenvalue weighted by molar-refractivity contribution is 5.58. The molecule has 1 aromatic heterocycles. The number of hydrogen-bond donors (Lipinski definition) is 1. The first-order valence-corrected chi connectivity index (χ1v) is 4.97. The Morgan fingerprint density at radius 2 is 2.19 bits per heavy atom. The minimum Gasteiger partial charge on any atom is -0.473 e. The summed E-state index contributed by atoms with van der Waals surface area (Å²) in [7, 11) is 0. The van der Waals surface area contributed by atoms with Crippen LogP contribution in [0.4, 0.5) is 11.5 Å². The summed E-state index contributed by atoms with van der Waals surface area (Å²) >= 11 is 0. The van der Waals surface area contributed by atoms with Crippen LogP contribution in [0.3, 0.4) is 0 Å². The Morgan fingerprint density at radius 1 is 1.50 bits per heavy atom. The summed E-state index contributed by atoms with van der Waals surface area (Å²) in [6.45, 7) is 3.98. The lowest BCUT2D eigenvalue weighted by Crippen LogP contribution is -2.08. The summed E-state index contributed by atoms with van der Waals surface area (Å²) in [6.07, 6.45) is 1.74. The second kappa shape index (κ2) is 5.24. The van der Waals surface area contributed by atoms with Gasteiger partial charge in [-0.05, 0) is 13.3 Å². The van der Waals surface area contributed by atoms with Crippen LogP contribution in [0.1, 0.15) is 25.6 Å². The fraction of sp³-hybridized carbons (Fsp3) is 0.556. The molecule has 0 aliphatic carbocycles. The molecular formula is C9H14N4O3. The number of nitrogens with two attached hydrogens (primary N) is 1. The molecule has 0 aliphatic rings. The van der Waals surface area contributed by atoms with E-state index in [1.165, 1.54) is 0 Å². The van der Waals surface area contributed by atoms with Gasteiger partial charge in [-0.3, -0.25) is 10.1 Å². The van der Waals surface area contributed by atoms with Crippen LogP contribution in [0.25, 0.3) is 0 Å². The fourth-order valence-corrected chi connectivity index (χ4v) is 1.15. The number of rotatable bonds is 5. The average molecular weight is 226 g/mol. The highest BCUT2D eigenvalue weighted by Crippen LogP contribution is 2.29. The lowest BCUT2D eigenvalue weighted by Gasteiger charge is -2.06. The van der Waals surface area contributed by atoms with Gasteiger partial charge in [-0.1, -0.05) is 13.3 Å². The maximum Gasteiger partial charge on any atom is 0.372 e. The minimum atomic E-state index is -0.629. The molecule has 0 bridgehead atoms. The third kappa shape index (κ3) is 2.78. The number of ether oxygens (including phenoxy) is 1. The summed E-state index contributed by atoms with van der Waals surface area (Å²) in [4.78, 5) is 17.7. The van der Waals surface area contributed by atoms with Crippen LogP contribution in [0.5, 0.6) is 5.88 Å². The molecule has 0 unspecified atom stereocenters. The Labute approximate surface area is 92.8 Å². The van der Waals surface area contributed by atoms with E-state index in [9.17, 15) is 10.1 Å². The smallest absolute Gasteiger partial charge is 0.372 e. The molecular weight excluding hydrogens is 212 g/mol. The molecule has 0 fully saturated rings. The summed E-state index contributed by atoms with van der Waals surface area (Å²) in [6, 6.07) is 0. The van der Waals surface area contributed by atoms with Gasteiger partial charge in [-0.2, -0.15) is 4.98 Å². The number of anilines is 1. The summed E-state index contributed by atoms with van der Waals surface area (Å²) in [5.74, 6) is 0.141. The second-order valence-electron chi connectivity index (χ2n) is 3.27. The quantitative estimate of drug-likeness (QED) is 0.463. The number of unbranched alkanes of at least 4 members (excludes halogenated alkanes) is 1. The van der Waals surface area contributed by atoms with Crippen LogP contribution in [0, 0.1) is 17.0 Å². The van der Waals surface area contributed by atoms with Crippen LogP contribution in [-0.4, -0.2) is 21.5 Å². The second-order valence-corrected chi connectivity index (χ2v) is 3.27. The van der Waals surface area contributed by atoms with E-state index in [1.54, 1.807) is 6.92 Å². The number of nitrogen functional groups attached to an aromatic ring is 1. The van der Waals surface area contributed by atoms with E-state index in [0.29, 0.717) is 12.4 Å². The van der Waals surface area contributed by atoms with Gasteiger partial charge in [0.2, 0.25) is 5.82 Å². The zero-order chi connectivity index (χ0) is 12.1. The van der Waals surface area contributed by atoms with Gasteiger partial charge in [0.1, 0.15) is 5.82 Å². The third-order valence-electron chi connectivity index (χ3n) is 1.91. The summed E-state index contributed by atoms with van der Waals surface area (Å²) < 4.78 is 5.23. The molecule has 88 valence electrons. The maximum absolute atomic E-state index is 10.8. The fourth-order valence-electron chi connectivity index (χ4n) is 1.15. The molecule has 0 amide bonds. The molecule has 7 heteroatoms. The predicted octanol–water partition coefficient (Wildman–Crippen LogP) is 1.45. The molecule has 1 rings (SSSR count). The molecule has 0 aromatic carbocycles. The van der Waals surface area contributed by atoms with Crippen molar-refractivity contribution >= 4 is 11.5 Å². The molecule has 16 heavy (non-hydrogen) atoms. The molecule has 0 spiro atoms. The topological polar surface area (TPSA) is 104 Å². The van der Waals surface area contributed by atoms with Gasteiger partial charge >= 0.3 is 5.69 Å². The van der Waals surface area contributed by atoms with Crippen molar-refractivity contribution in [1.29, 1.82) is 0 Å². The van der Waals surface area contributed by atoms with Crippen LogP contribution in [-0.2, 0) is 0 Å². The Kier molecular flexibility index (Phi) is 3.98. The number of aryl methyl sites for hydroxylation is 1. The molecule has 0 radical (unpaired) electrons. The maximum atomic E-state index is 10.8. The SMILES string of the molecule is CCCCOc1nc(C)nc(N)c1[N+](=O)[O-]. The first-order valence-electron chi connectivity index (χ1n) is 4.97. The zero-order valence-electron chi connectivity index (χ0n) is 9.27. The van der Waals surface area contributed by atoms with Gasteiger partial charge in [-0.25, -0.2) is 4.98 Å². The van der Waals surface area contributed by atoms with Crippen molar-refractivity contribution in [3.8, 4) is 5.88 Å². The minimum absolute atomic E-state index is 0.0524. The number of aromatic nitrogens is 2. The van der Waals surface area contributed by atoms with Gasteiger partial charge < -0.3 is 10.5 Å². The lowest BCUT2D eigenvalue weighted by molar-refractivity contribution is -0.385. The van der Waals surface area contributed by atoms with Gasteiger partial charge in [-0.15, -0.1) is 0 Å². The van der Waals surface area contributed by atoms with E-state index in [4.69, 9.17) is 10.5 Å². The van der Waals surface area contributed by atoms with Crippen LogP contribution in [0.2, 0.25) is 0 Å². The van der Waals surface area contributed by atoms with Crippen molar-refractivity contribution in [2.75, 3.05) is 12.3 Å². The van der Waals surface area contributed by atoms with E-state index in [2.05, 4.69) is 9.97 Å². The van der Waals surface area contributed by atoms with Crippen LogP contribution in [0.15, 0.2) is 0 Å². The Bertz CT molecular complexity index is 395. The van der Waals surface area contributed by atoms with E-state index >= 15 is 0 Å². The standard InChI is InChI=1S/C9H14N4O3/c1-3-4-5-16-9-7(13(14)15)8(10)11-6(2)12-9/h3-5H2,1-2H3,(H2,10,11,12). The monoisotopic (exact) mass is 226 g/mol. The zero-order valence-corrected chi connectivity index (χ0v) is 9.27. The normalized spacial score (nSPS) is 10.1. The molecule has 1 aromatic rings. The number of nitro groups is 1. The molecule has 0 aliphatic heterocycles. The van der Waals surface area contributed by atoms with E-state index in [-0.39, 0.29) is 17.4 Å². The Morgan fingerprint density at radius 3 is 2.75 bits per heavy atom. The van der Waals surface area contributed by atoms with Crippen LogP contribution < -0.4 is 10.5 Å². The summed E-state index contributed by atoms with van der Waals surface area (Å²) in [5.41, 5.74) is 5.10. The summed E-state index contributed by atoms with van der Waals surface area (Å²) in [5, 5.41) is 10.8. The predicted molar refractivity (Wildman–Crippen MR) is 58.2 cm³/mol. The van der Waals surface area contributed by atoms with E-state index in [0.717, 1.165) is 12.8 Å². The highest BCUT2D eigenvalue weighted by atomic mass is 16.6. The van der Waals surface area contributed by atoms with Gasteiger partial charge in [0, 0.05) is 0 Å². The van der Waals surface area contributed by atoms with Crippen molar-refractivity contribution in [3.05, 3.63) is 15.9 Å². The molecule has 0 saturated carbocycles. The van der Waals surface area contributed by atoms with Crippen molar-refractivity contribution in [1.82, 2.24) is 9.97 Å². The Hall–Kier alpha value is -1.92. The molecule has 1 heterocycles. The molecule has 2 N–H and O–H groups in total. The van der Waals surface area contributed by atoms with Crippen molar-refractivity contribution in [2.24, 2.45) is 0 Å². The van der Waals surface area contributed by atoms with Crippen molar-refractivity contribution in [3.63, 3.8) is 0 Å². The van der Waals surface area contributed by atoms with Crippen molar-refractivity contribution in [2.45, 2.75) is 26.7 Å². The first kappa shape index (κ1) is 12.2. The Balaban J connectivity index is 2.99. The third-order valence-corrected chi connectivity index (χ3v) is 1.91. The average Bonchev–Trinajstić information content (AvgIpc) is 2.16. The van der Waals surface area contributed by atoms with Crippen LogP contribution >= 0.6 is 0 Å². The molecule has 0 atom stereocenters. The first-order chi connectivity index (χ1) is 7.56.